The Morgan fingerprint density at radius 1 is 1.42 bits per heavy atom. The molecule has 0 saturated heterocycles. The fourth-order valence-corrected chi connectivity index (χ4v) is 3.27. The van der Waals surface area contributed by atoms with Gasteiger partial charge in [0, 0.05) is 17.3 Å². The van der Waals surface area contributed by atoms with Gasteiger partial charge in [0.05, 0.1) is 0 Å². The highest BCUT2D eigenvalue weighted by Crippen LogP contribution is 2.37. The SMILES string of the molecule is Clc1ccc2oc(NC3SC=CN3C3CC3)nc2c1. The van der Waals surface area contributed by atoms with Crippen LogP contribution in [0.2, 0.25) is 5.02 Å². The maximum atomic E-state index is 5.95. The molecular weight excluding hydrogens is 282 g/mol. The third-order valence-electron chi connectivity index (χ3n) is 3.28. The topological polar surface area (TPSA) is 41.3 Å². The molecule has 0 spiro atoms. The van der Waals surface area contributed by atoms with Gasteiger partial charge in [-0.1, -0.05) is 23.4 Å². The minimum absolute atomic E-state index is 0.177. The van der Waals surface area contributed by atoms with E-state index in [1.54, 1.807) is 17.8 Å². The van der Waals surface area contributed by atoms with Crippen LogP contribution >= 0.6 is 23.4 Å². The Morgan fingerprint density at radius 3 is 3.16 bits per heavy atom. The third kappa shape index (κ3) is 2.17. The number of oxazole rings is 1. The minimum Gasteiger partial charge on any atom is -0.424 e. The largest absolute Gasteiger partial charge is 0.424 e. The second kappa shape index (κ2) is 4.35. The van der Waals surface area contributed by atoms with Crippen molar-refractivity contribution in [3.63, 3.8) is 0 Å². The van der Waals surface area contributed by atoms with Crippen molar-refractivity contribution in [1.29, 1.82) is 0 Å². The predicted molar refractivity (Wildman–Crippen MR) is 78.0 cm³/mol. The highest BCUT2D eigenvalue weighted by molar-refractivity contribution is 8.03. The highest BCUT2D eigenvalue weighted by Gasteiger charge is 2.34. The molecular formula is C13H12ClN3OS. The van der Waals surface area contributed by atoms with E-state index in [4.69, 9.17) is 16.0 Å². The van der Waals surface area contributed by atoms with Crippen molar-refractivity contribution < 1.29 is 4.42 Å². The van der Waals surface area contributed by atoms with Crippen LogP contribution in [0.25, 0.3) is 11.1 Å². The first kappa shape index (κ1) is 11.5. The summed E-state index contributed by atoms with van der Waals surface area (Å²) in [7, 11) is 0. The molecule has 19 heavy (non-hydrogen) atoms. The van der Waals surface area contributed by atoms with Gasteiger partial charge in [-0.15, -0.1) is 0 Å². The molecule has 1 aliphatic heterocycles. The number of nitrogens with zero attached hydrogens (tertiary/aromatic N) is 2. The summed E-state index contributed by atoms with van der Waals surface area (Å²) in [4.78, 5) is 6.75. The number of hydrogen-bond acceptors (Lipinski definition) is 5. The zero-order valence-corrected chi connectivity index (χ0v) is 11.6. The number of aromatic nitrogens is 1. The Bertz CT molecular complexity index is 652. The smallest absolute Gasteiger partial charge is 0.298 e. The zero-order chi connectivity index (χ0) is 12.8. The summed E-state index contributed by atoms with van der Waals surface area (Å²) < 4.78 is 5.68. The van der Waals surface area contributed by atoms with Crippen LogP contribution in [0.15, 0.2) is 34.2 Å². The lowest BCUT2D eigenvalue weighted by molar-refractivity contribution is 0.368. The molecule has 0 bridgehead atoms. The molecule has 98 valence electrons. The molecule has 1 aromatic heterocycles. The average molecular weight is 294 g/mol. The van der Waals surface area contributed by atoms with Crippen LogP contribution < -0.4 is 5.32 Å². The third-order valence-corrected chi connectivity index (χ3v) is 4.41. The summed E-state index contributed by atoms with van der Waals surface area (Å²) in [6.07, 6.45) is 4.68. The number of nitrogens with one attached hydrogen (secondary N) is 1. The maximum Gasteiger partial charge on any atom is 0.298 e. The molecule has 1 unspecified atom stereocenters. The van der Waals surface area contributed by atoms with Gasteiger partial charge in [0.1, 0.15) is 5.52 Å². The quantitative estimate of drug-likeness (QED) is 0.930. The highest BCUT2D eigenvalue weighted by atomic mass is 35.5. The Kier molecular flexibility index (Phi) is 2.63. The average Bonchev–Trinajstić information content (AvgIpc) is 3.00. The zero-order valence-electron chi connectivity index (χ0n) is 10.0. The standard InChI is InChI=1S/C13H12ClN3OS/c14-8-1-4-11-10(7-8)15-12(18-11)16-13-17(5-6-19-13)9-2-3-9/h1,4-7,9,13H,2-3H2,(H,15,16). The maximum absolute atomic E-state index is 5.95. The summed E-state index contributed by atoms with van der Waals surface area (Å²) in [5, 5.41) is 6.10. The van der Waals surface area contributed by atoms with Crippen LogP contribution in [0.1, 0.15) is 12.8 Å². The Morgan fingerprint density at radius 2 is 2.32 bits per heavy atom. The van der Waals surface area contributed by atoms with E-state index in [1.807, 2.05) is 12.1 Å². The molecule has 4 rings (SSSR count). The molecule has 1 N–H and O–H groups in total. The molecule has 1 aromatic carbocycles. The molecule has 0 radical (unpaired) electrons. The fourth-order valence-electron chi connectivity index (χ4n) is 2.19. The van der Waals surface area contributed by atoms with Crippen LogP contribution in [-0.2, 0) is 0 Å². The molecule has 1 aliphatic carbocycles. The summed E-state index contributed by atoms with van der Waals surface area (Å²) in [6, 6.07) is 6.67. The first-order valence-corrected chi connectivity index (χ1v) is 7.54. The Balaban J connectivity index is 1.57. The van der Waals surface area contributed by atoms with Gasteiger partial charge in [-0.3, -0.25) is 0 Å². The normalized spacial score (nSPS) is 22.4. The lowest BCUT2D eigenvalue weighted by Crippen LogP contribution is -2.33. The second-order valence-corrected chi connectivity index (χ2v) is 6.15. The van der Waals surface area contributed by atoms with Crippen molar-refractivity contribution in [1.82, 2.24) is 9.88 Å². The minimum atomic E-state index is 0.177. The summed E-state index contributed by atoms with van der Waals surface area (Å²) >= 11 is 7.68. The molecule has 1 saturated carbocycles. The van der Waals surface area contributed by atoms with E-state index in [9.17, 15) is 0 Å². The number of hydrogen-bond donors (Lipinski definition) is 1. The van der Waals surface area contributed by atoms with Gasteiger partial charge in [-0.2, -0.15) is 4.98 Å². The van der Waals surface area contributed by atoms with Gasteiger partial charge in [-0.05, 0) is 36.4 Å². The summed E-state index contributed by atoms with van der Waals surface area (Å²) in [5.74, 6) is 0. The summed E-state index contributed by atoms with van der Waals surface area (Å²) in [6.45, 7) is 0. The van der Waals surface area contributed by atoms with Gasteiger partial charge >= 0.3 is 0 Å². The van der Waals surface area contributed by atoms with E-state index in [0.717, 1.165) is 11.1 Å². The van der Waals surface area contributed by atoms with E-state index in [0.29, 0.717) is 17.1 Å². The molecule has 1 fully saturated rings. The van der Waals surface area contributed by atoms with Crippen molar-refractivity contribution in [3.05, 3.63) is 34.8 Å². The molecule has 2 aromatic rings. The second-order valence-electron chi connectivity index (χ2n) is 4.73. The van der Waals surface area contributed by atoms with E-state index in [1.165, 1.54) is 12.8 Å². The van der Waals surface area contributed by atoms with Crippen molar-refractivity contribution in [3.8, 4) is 0 Å². The van der Waals surface area contributed by atoms with Gasteiger partial charge in [0.15, 0.2) is 11.1 Å². The van der Waals surface area contributed by atoms with Crippen LogP contribution in [-0.4, -0.2) is 21.4 Å². The van der Waals surface area contributed by atoms with Gasteiger partial charge in [-0.25, -0.2) is 0 Å². The monoisotopic (exact) mass is 293 g/mol. The number of anilines is 1. The van der Waals surface area contributed by atoms with Crippen molar-refractivity contribution >= 4 is 40.5 Å². The molecule has 0 amide bonds. The molecule has 1 atom stereocenters. The number of benzene rings is 1. The van der Waals surface area contributed by atoms with Crippen LogP contribution in [0, 0.1) is 0 Å². The van der Waals surface area contributed by atoms with E-state index in [-0.39, 0.29) is 5.50 Å². The van der Waals surface area contributed by atoms with Crippen LogP contribution in [0.5, 0.6) is 0 Å². The first-order valence-electron chi connectivity index (χ1n) is 6.22. The summed E-state index contributed by atoms with van der Waals surface area (Å²) in [5.41, 5.74) is 1.71. The van der Waals surface area contributed by atoms with Gasteiger partial charge in [0.2, 0.25) is 0 Å². The number of rotatable bonds is 3. The fraction of sp³-hybridized carbons (Fsp3) is 0.308. The first-order chi connectivity index (χ1) is 9.29. The van der Waals surface area contributed by atoms with E-state index in [2.05, 4.69) is 26.8 Å². The molecule has 6 heteroatoms. The Hall–Kier alpha value is -1.33. The molecule has 2 heterocycles. The van der Waals surface area contributed by atoms with E-state index >= 15 is 0 Å². The van der Waals surface area contributed by atoms with Gasteiger partial charge in [0.25, 0.3) is 6.01 Å². The van der Waals surface area contributed by atoms with Crippen LogP contribution in [0.3, 0.4) is 0 Å². The number of halogens is 1. The number of thioether (sulfide) groups is 1. The van der Waals surface area contributed by atoms with Crippen LogP contribution in [0.4, 0.5) is 6.01 Å². The van der Waals surface area contributed by atoms with Gasteiger partial charge < -0.3 is 14.6 Å². The van der Waals surface area contributed by atoms with Crippen molar-refractivity contribution in [2.75, 3.05) is 5.32 Å². The number of fused-ring (bicyclic) bond motifs is 1. The Labute approximate surface area is 119 Å². The lowest BCUT2D eigenvalue weighted by Gasteiger charge is -2.24. The molecule has 2 aliphatic rings. The van der Waals surface area contributed by atoms with E-state index < -0.39 is 0 Å². The predicted octanol–water partition coefficient (Wildman–Crippen LogP) is 3.86. The van der Waals surface area contributed by atoms with Crippen molar-refractivity contribution in [2.24, 2.45) is 0 Å². The van der Waals surface area contributed by atoms with Crippen molar-refractivity contribution in [2.45, 2.75) is 24.4 Å². The lowest BCUT2D eigenvalue weighted by atomic mass is 10.3. The molecule has 4 nitrogen and oxygen atoms in total.